The van der Waals surface area contributed by atoms with Gasteiger partial charge >= 0.3 is 107 Å². The molecule has 0 bridgehead atoms. The van der Waals surface area contributed by atoms with Crippen molar-refractivity contribution in [1.82, 2.24) is 5.32 Å². The van der Waals surface area contributed by atoms with Crippen LogP contribution in [-0.2, 0) is 0 Å². The van der Waals surface area contributed by atoms with Gasteiger partial charge < -0.3 is 0 Å². The minimum absolute atomic E-state index is 0.0620. The van der Waals surface area contributed by atoms with Gasteiger partial charge in [0, 0.05) is 0 Å². The van der Waals surface area contributed by atoms with Crippen molar-refractivity contribution in [1.29, 1.82) is 0 Å². The first-order chi connectivity index (χ1) is 8.43. The van der Waals surface area contributed by atoms with Crippen LogP contribution in [0.25, 0.3) is 0 Å². The molecule has 1 saturated heterocycles. The number of anilines is 1. The van der Waals surface area contributed by atoms with E-state index in [1.165, 1.54) is 19.4 Å². The quantitative estimate of drug-likeness (QED) is 0.855. The number of benzene rings is 1. The second-order valence-electron chi connectivity index (χ2n) is 4.53. The summed E-state index contributed by atoms with van der Waals surface area (Å²) in [6.45, 7) is 3.34. The molecule has 0 aliphatic carbocycles. The van der Waals surface area contributed by atoms with Crippen LogP contribution >= 0.6 is 0 Å². The summed E-state index contributed by atoms with van der Waals surface area (Å²) in [5.41, 5.74) is 3.27. The molecule has 5 heteroatoms. The van der Waals surface area contributed by atoms with Gasteiger partial charge in [0.25, 0.3) is 0 Å². The van der Waals surface area contributed by atoms with E-state index in [1.54, 1.807) is 0 Å². The molecule has 0 amide bonds. The molecule has 0 saturated carbocycles. The fourth-order valence-electron chi connectivity index (χ4n) is 2.30. The second kappa shape index (κ2) is 5.17. The molecule has 2 N–H and O–H groups in total. The van der Waals surface area contributed by atoms with E-state index < -0.39 is 0 Å². The summed E-state index contributed by atoms with van der Waals surface area (Å²) in [6, 6.07) is 6.21. The van der Waals surface area contributed by atoms with Crippen LogP contribution in [-0.4, -0.2) is 34.2 Å². The Morgan fingerprint density at radius 2 is 2.41 bits per heavy atom. The first-order valence-corrected chi connectivity index (χ1v) is 7.62. The molecule has 4 nitrogen and oxygen atoms in total. The Morgan fingerprint density at radius 1 is 1.41 bits per heavy atom. The molecule has 1 fully saturated rings. The Bertz CT molecular complexity index is 473. The van der Waals surface area contributed by atoms with Gasteiger partial charge in [-0.3, -0.25) is 0 Å². The summed E-state index contributed by atoms with van der Waals surface area (Å²) in [5, 5.41) is 6.98. The van der Waals surface area contributed by atoms with E-state index in [-0.39, 0.29) is 14.6 Å². The Morgan fingerprint density at radius 3 is 3.29 bits per heavy atom. The van der Waals surface area contributed by atoms with E-state index >= 15 is 0 Å². The van der Waals surface area contributed by atoms with Gasteiger partial charge in [0.15, 0.2) is 0 Å². The minimum atomic E-state index is 0.0620. The van der Waals surface area contributed by atoms with Crippen molar-refractivity contribution in [2.45, 2.75) is 12.8 Å². The van der Waals surface area contributed by atoms with Crippen molar-refractivity contribution in [2.75, 3.05) is 25.0 Å². The molecule has 17 heavy (non-hydrogen) atoms. The van der Waals surface area contributed by atoms with Crippen LogP contribution < -0.4 is 10.6 Å². The average Bonchev–Trinajstić information content (AvgIpc) is 2.86. The Kier molecular flexibility index (Phi) is 3.41. The maximum absolute atomic E-state index is 4.48. The van der Waals surface area contributed by atoms with Gasteiger partial charge in [0.05, 0.1) is 0 Å². The van der Waals surface area contributed by atoms with Gasteiger partial charge in [-0.1, -0.05) is 0 Å². The van der Waals surface area contributed by atoms with Gasteiger partial charge in [-0.15, -0.1) is 0 Å². The number of rotatable bonds is 3. The summed E-state index contributed by atoms with van der Waals surface area (Å²) >= 11 is 0.0620. The number of nitrogens with zero attached hydrogens (tertiary/aromatic N) is 2. The zero-order valence-electron chi connectivity index (χ0n) is 9.65. The van der Waals surface area contributed by atoms with E-state index in [4.69, 9.17) is 0 Å². The summed E-state index contributed by atoms with van der Waals surface area (Å²) in [4.78, 5) is 0. The zero-order valence-corrected chi connectivity index (χ0v) is 11.4. The number of piperidine rings is 1. The van der Waals surface area contributed by atoms with Crippen LogP contribution in [0.5, 0.6) is 0 Å². The molecule has 0 spiro atoms. The second-order valence-corrected chi connectivity index (χ2v) is 5.64. The Labute approximate surface area is 107 Å². The Balaban J connectivity index is 1.65. The zero-order chi connectivity index (χ0) is 11.5. The van der Waals surface area contributed by atoms with Crippen LogP contribution in [0.3, 0.4) is 0 Å². The normalized spacial score (nSPS) is 22.0. The fourth-order valence-corrected chi connectivity index (χ4v) is 3.45. The fraction of sp³-hybridized carbons (Fsp3) is 0.500. The first kappa shape index (κ1) is 11.2. The van der Waals surface area contributed by atoms with Crippen molar-refractivity contribution in [3.63, 3.8) is 0 Å². The van der Waals surface area contributed by atoms with Gasteiger partial charge in [-0.25, -0.2) is 0 Å². The summed E-state index contributed by atoms with van der Waals surface area (Å²) in [5.74, 6) is 0.739. The molecule has 2 aliphatic heterocycles. The average molecular weight is 295 g/mol. The predicted molar refractivity (Wildman–Crippen MR) is 70.5 cm³/mol. The van der Waals surface area contributed by atoms with Gasteiger partial charge in [0.2, 0.25) is 0 Å². The van der Waals surface area contributed by atoms with E-state index in [9.17, 15) is 0 Å². The van der Waals surface area contributed by atoms with Crippen LogP contribution in [0.4, 0.5) is 17.1 Å². The summed E-state index contributed by atoms with van der Waals surface area (Å²) in [7, 11) is 0. The van der Waals surface area contributed by atoms with Crippen molar-refractivity contribution >= 4 is 31.6 Å². The monoisotopic (exact) mass is 296 g/mol. The van der Waals surface area contributed by atoms with E-state index in [2.05, 4.69) is 30.7 Å². The summed E-state index contributed by atoms with van der Waals surface area (Å²) < 4.78 is 8.88. The molecule has 1 aromatic rings. The van der Waals surface area contributed by atoms with Crippen LogP contribution in [0.1, 0.15) is 12.8 Å². The number of hydrogen-bond donors (Lipinski definition) is 2. The SMILES string of the molecule is c1cc2c(c(NCC3CCCNC3)c1)N=[Se]=N2. The Hall–Kier alpha value is -0.901. The van der Waals surface area contributed by atoms with Crippen LogP contribution in [0.15, 0.2) is 26.1 Å². The molecular weight excluding hydrogens is 279 g/mol. The molecule has 1 unspecified atom stereocenters. The molecule has 90 valence electrons. The van der Waals surface area contributed by atoms with Crippen molar-refractivity contribution in [3.05, 3.63) is 18.2 Å². The molecular formula is C12H16N4Se. The standard InChI is InChI=1S/C12H16N4Se/c1-4-10(12-11(5-1)15-17-16-12)14-8-9-3-2-6-13-7-9/h1,4-5,9,13-14H,2-3,6-8H2. The molecule has 1 atom stereocenters. The third kappa shape index (κ3) is 2.51. The molecule has 2 aliphatic rings. The molecule has 3 rings (SSSR count). The van der Waals surface area contributed by atoms with E-state index in [1.807, 2.05) is 6.07 Å². The van der Waals surface area contributed by atoms with Crippen LogP contribution in [0.2, 0.25) is 0 Å². The summed E-state index contributed by atoms with van der Waals surface area (Å²) in [6.07, 6.45) is 2.61. The van der Waals surface area contributed by atoms with E-state index in [0.29, 0.717) is 0 Å². The van der Waals surface area contributed by atoms with Crippen molar-refractivity contribution in [3.8, 4) is 0 Å². The van der Waals surface area contributed by atoms with Gasteiger partial charge in [0.1, 0.15) is 0 Å². The molecule has 0 aromatic heterocycles. The number of nitrogens with one attached hydrogen (secondary N) is 2. The topological polar surface area (TPSA) is 48.8 Å². The maximum atomic E-state index is 4.48. The van der Waals surface area contributed by atoms with Crippen molar-refractivity contribution in [2.24, 2.45) is 13.8 Å². The van der Waals surface area contributed by atoms with Gasteiger partial charge in [-0.2, -0.15) is 0 Å². The molecule has 2 heterocycles. The van der Waals surface area contributed by atoms with Crippen molar-refractivity contribution < 1.29 is 0 Å². The number of fused-ring (bicyclic) bond motifs is 1. The third-order valence-corrected chi connectivity index (χ3v) is 4.40. The first-order valence-electron chi connectivity index (χ1n) is 6.09. The number of hydrogen-bond acceptors (Lipinski definition) is 4. The third-order valence-electron chi connectivity index (χ3n) is 3.27. The van der Waals surface area contributed by atoms with E-state index in [0.717, 1.165) is 36.1 Å². The van der Waals surface area contributed by atoms with Crippen LogP contribution in [0, 0.1) is 5.92 Å². The van der Waals surface area contributed by atoms with Gasteiger partial charge in [-0.05, 0) is 0 Å². The molecule has 1 aromatic carbocycles. The molecule has 0 radical (unpaired) electrons. The predicted octanol–water partition coefficient (Wildman–Crippen LogP) is 2.45.